The number of ether oxygens (including phenoxy) is 2. The number of benzene rings is 2. The number of aliphatic carboxylic acids is 1. The molecule has 0 amide bonds. The first-order chi connectivity index (χ1) is 12.0. The standard InChI is InChI=1S/C21H24O4/c1-5-11-25-20-17(7-6-8-19(20)24-4)13-18(21(22)23)16-10-9-14(2)15(3)12-16/h6-10,12-13H,5,11H2,1-4H3,(H,22,23)/b18-13-. The summed E-state index contributed by atoms with van der Waals surface area (Å²) in [7, 11) is 1.57. The molecule has 0 saturated heterocycles. The molecule has 1 N–H and O–H groups in total. The van der Waals surface area contributed by atoms with Crippen LogP contribution in [0.25, 0.3) is 11.6 Å². The molecule has 0 aliphatic heterocycles. The minimum Gasteiger partial charge on any atom is -0.493 e. The Kier molecular flexibility index (Phi) is 6.23. The van der Waals surface area contributed by atoms with Gasteiger partial charge in [-0.1, -0.05) is 37.3 Å². The van der Waals surface area contributed by atoms with E-state index in [9.17, 15) is 9.90 Å². The third-order valence-electron chi connectivity index (χ3n) is 4.03. The van der Waals surface area contributed by atoms with Crippen LogP contribution in [-0.4, -0.2) is 24.8 Å². The van der Waals surface area contributed by atoms with E-state index >= 15 is 0 Å². The summed E-state index contributed by atoms with van der Waals surface area (Å²) in [6.07, 6.45) is 2.49. The zero-order valence-corrected chi connectivity index (χ0v) is 15.1. The summed E-state index contributed by atoms with van der Waals surface area (Å²) in [4.78, 5) is 11.8. The highest BCUT2D eigenvalue weighted by Gasteiger charge is 2.15. The van der Waals surface area contributed by atoms with Crippen molar-refractivity contribution in [2.75, 3.05) is 13.7 Å². The molecule has 0 aliphatic carbocycles. The summed E-state index contributed by atoms with van der Waals surface area (Å²) in [6.45, 7) is 6.53. The SMILES string of the molecule is CCCOc1c(/C=C(\C(=O)O)c2ccc(C)c(C)c2)cccc1OC. The van der Waals surface area contributed by atoms with Crippen LogP contribution in [0.15, 0.2) is 36.4 Å². The van der Waals surface area contributed by atoms with Gasteiger partial charge in [0.25, 0.3) is 0 Å². The van der Waals surface area contributed by atoms with E-state index in [1.54, 1.807) is 19.3 Å². The lowest BCUT2D eigenvalue weighted by atomic mass is 9.98. The average molecular weight is 340 g/mol. The molecule has 4 heteroatoms. The zero-order chi connectivity index (χ0) is 18.4. The molecule has 2 aromatic rings. The molecule has 0 fully saturated rings. The maximum Gasteiger partial charge on any atom is 0.336 e. The normalized spacial score (nSPS) is 11.3. The minimum atomic E-state index is -0.979. The Morgan fingerprint density at radius 1 is 1.16 bits per heavy atom. The lowest BCUT2D eigenvalue weighted by Gasteiger charge is -2.14. The Morgan fingerprint density at radius 2 is 1.92 bits per heavy atom. The third-order valence-corrected chi connectivity index (χ3v) is 4.03. The highest BCUT2D eigenvalue weighted by molar-refractivity contribution is 6.20. The maximum absolute atomic E-state index is 11.8. The van der Waals surface area contributed by atoms with E-state index in [1.807, 2.05) is 51.1 Å². The maximum atomic E-state index is 11.8. The predicted molar refractivity (Wildman–Crippen MR) is 100 cm³/mol. The van der Waals surface area contributed by atoms with Crippen molar-refractivity contribution < 1.29 is 19.4 Å². The van der Waals surface area contributed by atoms with E-state index in [4.69, 9.17) is 9.47 Å². The van der Waals surface area contributed by atoms with Crippen LogP contribution < -0.4 is 9.47 Å². The van der Waals surface area contributed by atoms with Crippen LogP contribution in [0.1, 0.15) is 35.6 Å². The summed E-state index contributed by atoms with van der Waals surface area (Å²) in [5.74, 6) is 0.175. The molecule has 0 aliphatic rings. The van der Waals surface area contributed by atoms with Crippen molar-refractivity contribution in [1.82, 2.24) is 0 Å². The summed E-state index contributed by atoms with van der Waals surface area (Å²) in [6, 6.07) is 11.1. The second-order valence-electron chi connectivity index (χ2n) is 5.89. The first-order valence-electron chi connectivity index (χ1n) is 8.30. The van der Waals surface area contributed by atoms with Gasteiger partial charge in [0.05, 0.1) is 19.3 Å². The van der Waals surface area contributed by atoms with Crippen LogP contribution in [-0.2, 0) is 4.79 Å². The highest BCUT2D eigenvalue weighted by Crippen LogP contribution is 2.34. The highest BCUT2D eigenvalue weighted by atomic mass is 16.5. The first kappa shape index (κ1) is 18.6. The zero-order valence-electron chi connectivity index (χ0n) is 15.1. The molecular weight excluding hydrogens is 316 g/mol. The minimum absolute atomic E-state index is 0.220. The van der Waals surface area contributed by atoms with Crippen molar-refractivity contribution in [3.8, 4) is 11.5 Å². The quantitative estimate of drug-likeness (QED) is 0.585. The fourth-order valence-electron chi connectivity index (χ4n) is 2.50. The summed E-state index contributed by atoms with van der Waals surface area (Å²) >= 11 is 0. The molecule has 25 heavy (non-hydrogen) atoms. The van der Waals surface area contributed by atoms with Gasteiger partial charge in [0, 0.05) is 5.56 Å². The molecule has 0 unspecified atom stereocenters. The summed E-state index contributed by atoms with van der Waals surface area (Å²) in [5, 5.41) is 9.70. The fraction of sp³-hybridized carbons (Fsp3) is 0.286. The molecule has 0 radical (unpaired) electrons. The van der Waals surface area contributed by atoms with Gasteiger partial charge in [-0.25, -0.2) is 4.79 Å². The van der Waals surface area contributed by atoms with E-state index < -0.39 is 5.97 Å². The predicted octanol–water partition coefficient (Wildman–Crippen LogP) is 4.73. The van der Waals surface area contributed by atoms with Gasteiger partial charge in [0.1, 0.15) is 0 Å². The Morgan fingerprint density at radius 3 is 2.52 bits per heavy atom. The van der Waals surface area contributed by atoms with Gasteiger partial charge in [-0.2, -0.15) is 0 Å². The van der Waals surface area contributed by atoms with E-state index in [0.29, 0.717) is 29.2 Å². The Balaban J connectivity index is 2.57. The number of rotatable bonds is 7. The number of para-hydroxylation sites is 1. The van der Waals surface area contributed by atoms with Gasteiger partial charge in [0.15, 0.2) is 11.5 Å². The second-order valence-corrected chi connectivity index (χ2v) is 5.89. The van der Waals surface area contributed by atoms with Crippen LogP contribution in [0.5, 0.6) is 11.5 Å². The van der Waals surface area contributed by atoms with Crippen LogP contribution in [0, 0.1) is 13.8 Å². The lowest BCUT2D eigenvalue weighted by Crippen LogP contribution is -2.03. The van der Waals surface area contributed by atoms with Gasteiger partial charge in [-0.15, -0.1) is 0 Å². The number of methoxy groups -OCH3 is 1. The third kappa shape index (κ3) is 4.41. The van der Waals surface area contributed by atoms with Gasteiger partial charge in [-0.3, -0.25) is 0 Å². The van der Waals surface area contributed by atoms with E-state index in [2.05, 4.69) is 0 Å². The molecule has 132 valence electrons. The molecule has 4 nitrogen and oxygen atoms in total. The van der Waals surface area contributed by atoms with Gasteiger partial charge < -0.3 is 14.6 Å². The van der Waals surface area contributed by atoms with Crippen molar-refractivity contribution in [2.24, 2.45) is 0 Å². The van der Waals surface area contributed by atoms with E-state index in [-0.39, 0.29) is 5.57 Å². The molecule has 0 spiro atoms. The summed E-state index contributed by atoms with van der Waals surface area (Å²) in [5.41, 5.74) is 3.75. The van der Waals surface area contributed by atoms with Crippen LogP contribution >= 0.6 is 0 Å². The fourth-order valence-corrected chi connectivity index (χ4v) is 2.50. The number of hydrogen-bond donors (Lipinski definition) is 1. The Bertz CT molecular complexity index is 790. The second kappa shape index (κ2) is 8.38. The monoisotopic (exact) mass is 340 g/mol. The van der Waals surface area contributed by atoms with Crippen LogP contribution in [0.3, 0.4) is 0 Å². The van der Waals surface area contributed by atoms with Crippen molar-refractivity contribution in [1.29, 1.82) is 0 Å². The Labute approximate surface area is 148 Å². The molecule has 0 heterocycles. The number of carbonyl (C=O) groups is 1. The van der Waals surface area contributed by atoms with E-state index in [1.165, 1.54) is 0 Å². The smallest absolute Gasteiger partial charge is 0.336 e. The largest absolute Gasteiger partial charge is 0.493 e. The number of aryl methyl sites for hydroxylation is 2. The van der Waals surface area contributed by atoms with Crippen molar-refractivity contribution in [2.45, 2.75) is 27.2 Å². The molecule has 0 bridgehead atoms. The van der Waals surface area contributed by atoms with E-state index in [0.717, 1.165) is 17.5 Å². The topological polar surface area (TPSA) is 55.8 Å². The summed E-state index contributed by atoms with van der Waals surface area (Å²) < 4.78 is 11.2. The van der Waals surface area contributed by atoms with Crippen molar-refractivity contribution >= 4 is 17.6 Å². The molecular formula is C21H24O4. The number of carboxylic acid groups (broad SMARTS) is 1. The molecule has 0 atom stereocenters. The Hall–Kier alpha value is -2.75. The molecule has 2 rings (SSSR count). The number of carboxylic acids is 1. The van der Waals surface area contributed by atoms with Gasteiger partial charge in [0.2, 0.25) is 0 Å². The van der Waals surface area contributed by atoms with Crippen LogP contribution in [0.4, 0.5) is 0 Å². The van der Waals surface area contributed by atoms with Gasteiger partial charge >= 0.3 is 5.97 Å². The molecule has 0 aromatic heterocycles. The molecule has 0 saturated carbocycles. The average Bonchev–Trinajstić information content (AvgIpc) is 2.60. The number of hydrogen-bond acceptors (Lipinski definition) is 3. The lowest BCUT2D eigenvalue weighted by molar-refractivity contribution is -0.130. The van der Waals surface area contributed by atoms with Crippen molar-refractivity contribution in [3.63, 3.8) is 0 Å². The van der Waals surface area contributed by atoms with Crippen molar-refractivity contribution in [3.05, 3.63) is 58.7 Å². The first-order valence-corrected chi connectivity index (χ1v) is 8.30. The van der Waals surface area contributed by atoms with Gasteiger partial charge in [-0.05, 0) is 49.1 Å². The molecule has 2 aromatic carbocycles. The van der Waals surface area contributed by atoms with Crippen LogP contribution in [0.2, 0.25) is 0 Å².